The molecule has 1 aromatic carbocycles. The van der Waals surface area contributed by atoms with Gasteiger partial charge in [0, 0.05) is 12.6 Å². The smallest absolute Gasteiger partial charge is 0.274 e. The lowest BCUT2D eigenvalue weighted by atomic mass is 10.2. The number of anilines is 1. The number of hydrogen-bond donors (Lipinski definition) is 1. The van der Waals surface area contributed by atoms with Crippen molar-refractivity contribution in [1.29, 1.82) is 0 Å². The Kier molecular flexibility index (Phi) is 3.59. The number of nitrogens with one attached hydrogen (secondary N) is 1. The molecule has 2 aromatic rings. The molecular weight excluding hydrogens is 252 g/mol. The van der Waals surface area contributed by atoms with E-state index in [1.807, 2.05) is 6.92 Å². The molecule has 0 atom stereocenters. The van der Waals surface area contributed by atoms with Crippen molar-refractivity contribution in [1.82, 2.24) is 9.78 Å². The molecule has 0 spiro atoms. The van der Waals surface area contributed by atoms with Gasteiger partial charge >= 0.3 is 0 Å². The quantitative estimate of drug-likeness (QED) is 0.927. The van der Waals surface area contributed by atoms with Gasteiger partial charge in [-0.3, -0.25) is 9.48 Å². The number of amides is 1. The second kappa shape index (κ2) is 5.17. The molecule has 0 saturated carbocycles. The van der Waals surface area contributed by atoms with E-state index in [2.05, 4.69) is 10.4 Å². The predicted molar refractivity (Wildman–Crippen MR) is 66.9 cm³/mol. The molecule has 100 valence electrons. The lowest BCUT2D eigenvalue weighted by Crippen LogP contribution is -2.18. The number of nitrogens with zero attached hydrogens (tertiary/aromatic N) is 2. The van der Waals surface area contributed by atoms with Crippen molar-refractivity contribution in [3.05, 3.63) is 47.3 Å². The molecular formula is C13H13F2N3O. The highest BCUT2D eigenvalue weighted by atomic mass is 19.1. The molecule has 4 nitrogen and oxygen atoms in total. The van der Waals surface area contributed by atoms with Gasteiger partial charge in [0.2, 0.25) is 0 Å². The fourth-order valence-corrected chi connectivity index (χ4v) is 1.75. The van der Waals surface area contributed by atoms with Crippen LogP contribution in [-0.2, 0) is 6.54 Å². The molecule has 0 aliphatic carbocycles. The molecule has 0 fully saturated rings. The fraction of sp³-hybridized carbons (Fsp3) is 0.231. The number of carbonyl (C=O) groups is 1. The van der Waals surface area contributed by atoms with Crippen molar-refractivity contribution in [3.63, 3.8) is 0 Å². The number of carbonyl (C=O) groups excluding carboxylic acids is 1. The second-order valence-electron chi connectivity index (χ2n) is 4.07. The van der Waals surface area contributed by atoms with Gasteiger partial charge in [-0.25, -0.2) is 8.78 Å². The summed E-state index contributed by atoms with van der Waals surface area (Å²) in [4.78, 5) is 12.0. The summed E-state index contributed by atoms with van der Waals surface area (Å²) in [5.41, 5.74) is 0.975. The SMILES string of the molecule is CCn1nc(C)cc1C(=O)Nc1ccc(F)cc1F. The van der Waals surface area contributed by atoms with Crippen LogP contribution in [0.3, 0.4) is 0 Å². The van der Waals surface area contributed by atoms with Crippen molar-refractivity contribution < 1.29 is 13.6 Å². The number of rotatable bonds is 3. The molecule has 0 radical (unpaired) electrons. The summed E-state index contributed by atoms with van der Waals surface area (Å²) >= 11 is 0. The molecule has 0 saturated heterocycles. The maximum atomic E-state index is 13.4. The third-order valence-electron chi connectivity index (χ3n) is 2.61. The van der Waals surface area contributed by atoms with Crippen molar-refractivity contribution in [2.45, 2.75) is 20.4 Å². The Hall–Kier alpha value is -2.24. The van der Waals surface area contributed by atoms with Crippen LogP contribution in [0.1, 0.15) is 23.1 Å². The molecule has 19 heavy (non-hydrogen) atoms. The number of hydrogen-bond acceptors (Lipinski definition) is 2. The minimum absolute atomic E-state index is 0.0621. The van der Waals surface area contributed by atoms with Gasteiger partial charge in [0.15, 0.2) is 0 Å². The molecule has 1 aromatic heterocycles. The number of benzene rings is 1. The zero-order valence-corrected chi connectivity index (χ0v) is 10.6. The highest BCUT2D eigenvalue weighted by molar-refractivity contribution is 6.03. The first-order valence-electron chi connectivity index (χ1n) is 5.82. The Labute approximate surface area is 109 Å². The number of halogens is 2. The summed E-state index contributed by atoms with van der Waals surface area (Å²) in [5, 5.41) is 6.53. The Morgan fingerprint density at radius 2 is 2.11 bits per heavy atom. The van der Waals surface area contributed by atoms with Gasteiger partial charge in [-0.05, 0) is 32.0 Å². The Bertz CT molecular complexity index is 622. The van der Waals surface area contributed by atoms with Gasteiger partial charge in [0.1, 0.15) is 17.3 Å². The summed E-state index contributed by atoms with van der Waals surface area (Å²) in [6.07, 6.45) is 0. The van der Waals surface area contributed by atoms with Crippen LogP contribution in [0.2, 0.25) is 0 Å². The van der Waals surface area contributed by atoms with Crippen molar-refractivity contribution >= 4 is 11.6 Å². The molecule has 0 aliphatic heterocycles. The topological polar surface area (TPSA) is 46.9 Å². The number of aromatic nitrogens is 2. The van der Waals surface area contributed by atoms with E-state index in [9.17, 15) is 13.6 Å². The highest BCUT2D eigenvalue weighted by Crippen LogP contribution is 2.16. The Morgan fingerprint density at radius 3 is 2.74 bits per heavy atom. The normalized spacial score (nSPS) is 10.5. The summed E-state index contributed by atoms with van der Waals surface area (Å²) in [6.45, 7) is 4.14. The van der Waals surface area contributed by atoms with Gasteiger partial charge in [-0.15, -0.1) is 0 Å². The summed E-state index contributed by atoms with van der Waals surface area (Å²) < 4.78 is 27.7. The fourth-order valence-electron chi connectivity index (χ4n) is 1.75. The molecule has 6 heteroatoms. The highest BCUT2D eigenvalue weighted by Gasteiger charge is 2.15. The first kappa shape index (κ1) is 13.2. The van der Waals surface area contributed by atoms with Crippen LogP contribution in [0, 0.1) is 18.6 Å². The lowest BCUT2D eigenvalue weighted by Gasteiger charge is -2.07. The minimum atomic E-state index is -0.812. The Morgan fingerprint density at radius 1 is 1.37 bits per heavy atom. The van der Waals surface area contributed by atoms with E-state index in [1.165, 1.54) is 10.7 Å². The standard InChI is InChI=1S/C13H13F2N3O/c1-3-18-12(6-8(2)17-18)13(19)16-11-5-4-9(14)7-10(11)15/h4-7H,3H2,1-2H3,(H,16,19). The average molecular weight is 265 g/mol. The van der Waals surface area contributed by atoms with E-state index in [4.69, 9.17) is 0 Å². The molecule has 1 N–H and O–H groups in total. The molecule has 2 rings (SSSR count). The monoisotopic (exact) mass is 265 g/mol. The largest absolute Gasteiger partial charge is 0.318 e. The zero-order chi connectivity index (χ0) is 14.0. The number of aryl methyl sites for hydroxylation is 2. The average Bonchev–Trinajstić information content (AvgIpc) is 2.74. The molecule has 0 unspecified atom stereocenters. The first-order valence-corrected chi connectivity index (χ1v) is 5.82. The van der Waals surface area contributed by atoms with Crippen LogP contribution in [0.4, 0.5) is 14.5 Å². The molecule has 0 aliphatic rings. The summed E-state index contributed by atoms with van der Waals surface area (Å²) in [7, 11) is 0. The molecule has 1 heterocycles. The maximum absolute atomic E-state index is 13.4. The Balaban J connectivity index is 2.25. The third kappa shape index (κ3) is 2.78. The van der Waals surface area contributed by atoms with Crippen LogP contribution in [0.25, 0.3) is 0 Å². The van der Waals surface area contributed by atoms with Gasteiger partial charge in [-0.1, -0.05) is 0 Å². The van der Waals surface area contributed by atoms with Crippen molar-refractivity contribution in [2.24, 2.45) is 0 Å². The summed E-state index contributed by atoms with van der Waals surface area (Å²) in [5.74, 6) is -1.98. The van der Waals surface area contributed by atoms with Gasteiger partial charge in [0.05, 0.1) is 11.4 Å². The predicted octanol–water partition coefficient (Wildman–Crippen LogP) is 2.74. The van der Waals surface area contributed by atoms with Crippen LogP contribution in [0.5, 0.6) is 0 Å². The van der Waals surface area contributed by atoms with Crippen LogP contribution < -0.4 is 5.32 Å². The van der Waals surface area contributed by atoms with E-state index >= 15 is 0 Å². The molecule has 0 bridgehead atoms. The van der Waals surface area contributed by atoms with Gasteiger partial charge in [-0.2, -0.15) is 5.10 Å². The van der Waals surface area contributed by atoms with Gasteiger partial charge in [0.25, 0.3) is 5.91 Å². The molecule has 1 amide bonds. The van der Waals surface area contributed by atoms with Crippen molar-refractivity contribution in [2.75, 3.05) is 5.32 Å². The third-order valence-corrected chi connectivity index (χ3v) is 2.61. The second-order valence-corrected chi connectivity index (χ2v) is 4.07. The maximum Gasteiger partial charge on any atom is 0.274 e. The van der Waals surface area contributed by atoms with E-state index in [0.717, 1.165) is 12.1 Å². The van der Waals surface area contributed by atoms with Crippen LogP contribution in [0.15, 0.2) is 24.3 Å². The van der Waals surface area contributed by atoms with Gasteiger partial charge < -0.3 is 5.32 Å². The van der Waals surface area contributed by atoms with E-state index in [1.54, 1.807) is 13.0 Å². The van der Waals surface area contributed by atoms with Crippen LogP contribution >= 0.6 is 0 Å². The minimum Gasteiger partial charge on any atom is -0.318 e. The van der Waals surface area contributed by atoms with Crippen molar-refractivity contribution in [3.8, 4) is 0 Å². The first-order chi connectivity index (χ1) is 9.01. The lowest BCUT2D eigenvalue weighted by molar-refractivity contribution is 0.101. The van der Waals surface area contributed by atoms with E-state index < -0.39 is 17.5 Å². The van der Waals surface area contributed by atoms with E-state index in [-0.39, 0.29) is 5.69 Å². The van der Waals surface area contributed by atoms with Crippen LogP contribution in [-0.4, -0.2) is 15.7 Å². The zero-order valence-electron chi connectivity index (χ0n) is 10.6. The summed E-state index contributed by atoms with van der Waals surface area (Å²) in [6, 6.07) is 4.60. The van der Waals surface area contributed by atoms with E-state index in [0.29, 0.717) is 17.9 Å².